The minimum Gasteiger partial charge on any atom is -0.352 e. The fraction of sp³-hybridized carbons (Fsp3) is 0.412. The maximum Gasteiger partial charge on any atom is 0.255 e. The van der Waals surface area contributed by atoms with Crippen LogP contribution < -0.4 is 4.90 Å². The first-order valence-corrected chi connectivity index (χ1v) is 8.58. The Bertz CT molecular complexity index is 722. The summed E-state index contributed by atoms with van der Waals surface area (Å²) in [6.07, 6.45) is 3.99. The Labute approximate surface area is 145 Å². The van der Waals surface area contributed by atoms with Gasteiger partial charge in [-0.2, -0.15) is 5.10 Å². The summed E-state index contributed by atoms with van der Waals surface area (Å²) in [6, 6.07) is 7.48. The first kappa shape index (κ1) is 15.3. The maximum absolute atomic E-state index is 12.5. The van der Waals surface area contributed by atoms with E-state index in [0.717, 1.165) is 24.6 Å². The third-order valence-electron chi connectivity index (χ3n) is 4.53. The van der Waals surface area contributed by atoms with Gasteiger partial charge in [-0.3, -0.25) is 4.79 Å². The largest absolute Gasteiger partial charge is 0.352 e. The van der Waals surface area contributed by atoms with Crippen molar-refractivity contribution in [2.45, 2.75) is 18.8 Å². The summed E-state index contributed by atoms with van der Waals surface area (Å²) in [7, 11) is 0. The highest BCUT2D eigenvalue weighted by molar-refractivity contribution is 6.29. The number of carbonyl (C=O) groups is 1. The molecule has 6 nitrogen and oxygen atoms in total. The molecule has 2 aliphatic rings. The van der Waals surface area contributed by atoms with E-state index in [4.69, 9.17) is 11.6 Å². The Morgan fingerprint density at radius 2 is 1.83 bits per heavy atom. The van der Waals surface area contributed by atoms with Gasteiger partial charge >= 0.3 is 0 Å². The number of rotatable bonds is 3. The molecule has 2 aromatic heterocycles. The molecule has 0 bridgehead atoms. The molecule has 3 heterocycles. The third-order valence-corrected chi connectivity index (χ3v) is 4.76. The number of anilines is 1. The maximum atomic E-state index is 12.5. The molecule has 4 rings (SSSR count). The summed E-state index contributed by atoms with van der Waals surface area (Å²) in [4.78, 5) is 20.5. The topological polar surface area (TPSA) is 62.2 Å². The zero-order valence-electron chi connectivity index (χ0n) is 13.2. The quantitative estimate of drug-likeness (QED) is 0.801. The minimum atomic E-state index is -0.00557. The molecule has 2 fully saturated rings. The van der Waals surface area contributed by atoms with E-state index in [9.17, 15) is 4.79 Å². The molecule has 0 radical (unpaired) electrons. The van der Waals surface area contributed by atoms with E-state index in [1.54, 1.807) is 12.1 Å². The predicted octanol–water partition coefficient (Wildman–Crippen LogP) is 2.36. The number of nitrogens with zero attached hydrogens (tertiary/aromatic N) is 5. The average molecular weight is 344 g/mol. The summed E-state index contributed by atoms with van der Waals surface area (Å²) >= 11 is 5.77. The Morgan fingerprint density at radius 1 is 1.04 bits per heavy atom. The lowest BCUT2D eigenvalue weighted by Gasteiger charge is -2.35. The van der Waals surface area contributed by atoms with Gasteiger partial charge in [0, 0.05) is 38.3 Å². The molecule has 2 aromatic rings. The Balaban J connectivity index is 1.37. The van der Waals surface area contributed by atoms with Crippen molar-refractivity contribution in [3.05, 3.63) is 46.9 Å². The van der Waals surface area contributed by atoms with Crippen LogP contribution in [-0.4, -0.2) is 52.2 Å². The lowest BCUT2D eigenvalue weighted by atomic mass is 10.2. The van der Waals surface area contributed by atoms with Crippen molar-refractivity contribution < 1.29 is 4.79 Å². The summed E-state index contributed by atoms with van der Waals surface area (Å²) in [5.74, 6) is 1.50. The van der Waals surface area contributed by atoms with Gasteiger partial charge in [-0.1, -0.05) is 11.6 Å². The third kappa shape index (κ3) is 3.19. The lowest BCUT2D eigenvalue weighted by molar-refractivity contribution is 0.0746. The first-order chi connectivity index (χ1) is 11.7. The number of hydrogen-bond donors (Lipinski definition) is 0. The second-order valence-electron chi connectivity index (χ2n) is 6.24. The number of carbonyl (C=O) groups excluding carboxylic acids is 1. The van der Waals surface area contributed by atoms with E-state index < -0.39 is 0 Å². The molecule has 0 spiro atoms. The molecule has 1 aliphatic carbocycles. The van der Waals surface area contributed by atoms with Crippen LogP contribution in [0.3, 0.4) is 0 Å². The number of aromatic nitrogens is 3. The molecule has 0 aromatic carbocycles. The fourth-order valence-electron chi connectivity index (χ4n) is 2.92. The Morgan fingerprint density at radius 3 is 2.42 bits per heavy atom. The highest BCUT2D eigenvalue weighted by Gasteiger charge is 2.26. The van der Waals surface area contributed by atoms with E-state index in [0.29, 0.717) is 29.7 Å². The summed E-state index contributed by atoms with van der Waals surface area (Å²) in [5, 5.41) is 9.08. The Kier molecular flexibility index (Phi) is 4.06. The monoisotopic (exact) mass is 343 g/mol. The van der Waals surface area contributed by atoms with Crippen LogP contribution in [0.25, 0.3) is 0 Å². The molecule has 7 heteroatoms. The molecule has 124 valence electrons. The van der Waals surface area contributed by atoms with E-state index in [2.05, 4.69) is 26.1 Å². The molecular formula is C17H18ClN5O. The van der Waals surface area contributed by atoms with Crippen molar-refractivity contribution in [1.82, 2.24) is 20.1 Å². The average Bonchev–Trinajstić information content (AvgIpc) is 3.47. The number of hydrogen-bond acceptors (Lipinski definition) is 5. The van der Waals surface area contributed by atoms with Crippen molar-refractivity contribution >= 4 is 23.3 Å². The molecule has 1 saturated carbocycles. The van der Waals surface area contributed by atoms with Crippen LogP contribution in [0.1, 0.15) is 34.8 Å². The molecule has 0 unspecified atom stereocenters. The van der Waals surface area contributed by atoms with Crippen molar-refractivity contribution in [2.75, 3.05) is 31.1 Å². The molecule has 1 amide bonds. The van der Waals surface area contributed by atoms with Gasteiger partial charge < -0.3 is 9.80 Å². The highest BCUT2D eigenvalue weighted by atomic mass is 35.5. The second kappa shape index (κ2) is 6.36. The minimum absolute atomic E-state index is 0.00557. The van der Waals surface area contributed by atoms with E-state index >= 15 is 0 Å². The van der Waals surface area contributed by atoms with Crippen LogP contribution in [0.2, 0.25) is 5.15 Å². The summed E-state index contributed by atoms with van der Waals surface area (Å²) in [5.41, 5.74) is 1.67. The number of amides is 1. The standard InChI is InChI=1S/C17H18ClN5O/c18-15-5-3-13(11-19-15)17(24)23-9-7-22(8-10-23)16-6-4-14(20-21-16)12-1-2-12/h3-6,11-12H,1-2,7-10H2. The van der Waals surface area contributed by atoms with E-state index in [-0.39, 0.29) is 5.91 Å². The molecule has 1 aliphatic heterocycles. The smallest absolute Gasteiger partial charge is 0.255 e. The number of piperazine rings is 1. The van der Waals surface area contributed by atoms with Crippen LogP contribution in [0.4, 0.5) is 5.82 Å². The van der Waals surface area contributed by atoms with Crippen LogP contribution in [0.15, 0.2) is 30.5 Å². The first-order valence-electron chi connectivity index (χ1n) is 8.20. The van der Waals surface area contributed by atoms with E-state index in [1.807, 2.05) is 11.0 Å². The van der Waals surface area contributed by atoms with Gasteiger partial charge in [0.2, 0.25) is 0 Å². The summed E-state index contributed by atoms with van der Waals surface area (Å²) < 4.78 is 0. The van der Waals surface area contributed by atoms with Crippen LogP contribution in [0.5, 0.6) is 0 Å². The van der Waals surface area contributed by atoms with Crippen LogP contribution in [0, 0.1) is 0 Å². The van der Waals surface area contributed by atoms with Gasteiger partial charge in [0.15, 0.2) is 5.82 Å². The summed E-state index contributed by atoms with van der Waals surface area (Å²) in [6.45, 7) is 2.83. The van der Waals surface area contributed by atoms with Gasteiger partial charge in [-0.05, 0) is 37.1 Å². The zero-order chi connectivity index (χ0) is 16.5. The van der Waals surface area contributed by atoms with Gasteiger partial charge in [-0.25, -0.2) is 4.98 Å². The number of pyridine rings is 1. The molecule has 24 heavy (non-hydrogen) atoms. The van der Waals surface area contributed by atoms with Crippen molar-refractivity contribution in [1.29, 1.82) is 0 Å². The van der Waals surface area contributed by atoms with Gasteiger partial charge in [0.25, 0.3) is 5.91 Å². The van der Waals surface area contributed by atoms with E-state index in [1.165, 1.54) is 19.0 Å². The number of halogens is 1. The molecular weight excluding hydrogens is 326 g/mol. The van der Waals surface area contributed by atoms with Gasteiger partial charge in [0.05, 0.1) is 11.3 Å². The molecule has 0 N–H and O–H groups in total. The molecule has 0 atom stereocenters. The fourth-order valence-corrected chi connectivity index (χ4v) is 3.04. The predicted molar refractivity (Wildman–Crippen MR) is 91.4 cm³/mol. The van der Waals surface area contributed by atoms with Crippen LogP contribution >= 0.6 is 11.6 Å². The normalized spacial score (nSPS) is 17.9. The second-order valence-corrected chi connectivity index (χ2v) is 6.63. The Hall–Kier alpha value is -2.21. The SMILES string of the molecule is O=C(c1ccc(Cl)nc1)N1CCN(c2ccc(C3CC3)nn2)CC1. The van der Waals surface area contributed by atoms with Gasteiger partial charge in [0.1, 0.15) is 5.15 Å². The van der Waals surface area contributed by atoms with Gasteiger partial charge in [-0.15, -0.1) is 5.10 Å². The zero-order valence-corrected chi connectivity index (χ0v) is 14.0. The van der Waals surface area contributed by atoms with Crippen molar-refractivity contribution in [3.8, 4) is 0 Å². The van der Waals surface area contributed by atoms with Crippen molar-refractivity contribution in [2.24, 2.45) is 0 Å². The highest BCUT2D eigenvalue weighted by Crippen LogP contribution is 2.38. The molecule has 1 saturated heterocycles. The van der Waals surface area contributed by atoms with Crippen molar-refractivity contribution in [3.63, 3.8) is 0 Å². The van der Waals surface area contributed by atoms with Crippen LogP contribution in [-0.2, 0) is 0 Å². The lowest BCUT2D eigenvalue weighted by Crippen LogP contribution is -2.49.